The molecule has 0 heterocycles. The lowest BCUT2D eigenvalue weighted by Crippen LogP contribution is -2.10. The van der Waals surface area contributed by atoms with Crippen LogP contribution in [0.2, 0.25) is 6.04 Å². The Hall–Kier alpha value is 0.137. The van der Waals surface area contributed by atoms with Crippen molar-refractivity contribution in [3.05, 3.63) is 0 Å². The molecule has 41 valence electrons. The maximum absolute atomic E-state index is 8.58. The zero-order chi connectivity index (χ0) is 5.70. The van der Waals surface area contributed by atoms with Crippen molar-refractivity contribution in [3.63, 3.8) is 0 Å². The van der Waals surface area contributed by atoms with Crippen LogP contribution in [0.4, 0.5) is 0 Å². The Morgan fingerprint density at radius 2 is 2.14 bits per heavy atom. The molecule has 2 nitrogen and oxygen atoms in total. The Labute approximate surface area is 46.6 Å². The van der Waals surface area contributed by atoms with E-state index in [0.29, 0.717) is 6.42 Å². The van der Waals surface area contributed by atoms with E-state index < -0.39 is 6.10 Å². The van der Waals surface area contributed by atoms with Crippen LogP contribution >= 0.6 is 0 Å². The minimum absolute atomic E-state index is 0.134. The first-order valence-electron chi connectivity index (χ1n) is 2.24. The maximum Gasteiger partial charge on any atom is 0.0768 e. The van der Waals surface area contributed by atoms with Gasteiger partial charge in [0, 0.05) is 10.2 Å². The fourth-order valence-electron chi connectivity index (χ4n) is 0.258. The number of rotatable bonds is 3. The lowest BCUT2D eigenvalue weighted by molar-refractivity contribution is 0.0924. The molecule has 0 amide bonds. The summed E-state index contributed by atoms with van der Waals surface area (Å²) in [7, 11) is 3.16. The van der Waals surface area contributed by atoms with Crippen LogP contribution in [-0.4, -0.2) is 33.2 Å². The Bertz CT molecular complexity index is 40.7. The first-order chi connectivity index (χ1) is 3.31. The summed E-state index contributed by atoms with van der Waals surface area (Å²) in [6.45, 7) is -0.134. The number of hydrogen-bond acceptors (Lipinski definition) is 2. The predicted octanol–water partition coefficient (Wildman–Crippen LogP) is -0.684. The average molecular weight is 117 g/mol. The molecule has 0 saturated carbocycles. The second kappa shape index (κ2) is 4.30. The van der Waals surface area contributed by atoms with Gasteiger partial charge in [0.2, 0.25) is 0 Å². The van der Waals surface area contributed by atoms with E-state index in [1.807, 2.05) is 0 Å². The molecule has 0 bridgehead atoms. The molecular weight excluding hydrogens is 108 g/mol. The summed E-state index contributed by atoms with van der Waals surface area (Å²) in [5, 5.41) is 16.8. The first-order valence-corrected chi connectivity index (χ1v) is 2.95. The summed E-state index contributed by atoms with van der Waals surface area (Å²) in [5.41, 5.74) is 0. The lowest BCUT2D eigenvalue weighted by Gasteiger charge is -2.00. The predicted molar refractivity (Wildman–Crippen MR) is 28.3 cm³/mol. The van der Waals surface area contributed by atoms with Crippen molar-refractivity contribution in [2.75, 3.05) is 6.61 Å². The minimum atomic E-state index is -0.544. The fraction of sp³-hybridized carbons (Fsp3) is 1.00. The van der Waals surface area contributed by atoms with E-state index >= 15 is 0 Å². The number of hydrogen-bond donors (Lipinski definition) is 2. The smallest absolute Gasteiger partial charge is 0.0768 e. The van der Waals surface area contributed by atoms with Gasteiger partial charge in [-0.2, -0.15) is 0 Å². The van der Waals surface area contributed by atoms with E-state index in [4.69, 9.17) is 10.2 Å². The largest absolute Gasteiger partial charge is 0.394 e. The van der Waals surface area contributed by atoms with Crippen molar-refractivity contribution in [1.82, 2.24) is 0 Å². The molecule has 1 atom stereocenters. The van der Waals surface area contributed by atoms with Gasteiger partial charge in [0.15, 0.2) is 0 Å². The Kier molecular flexibility index (Phi) is 4.38. The highest BCUT2D eigenvalue weighted by molar-refractivity contribution is 6.08. The SMILES string of the molecule is OCC(O)CC[Si]. The standard InChI is InChI=1S/C4H9O2Si/c5-3-4(6)1-2-7/h4-6H,1-3H2. The topological polar surface area (TPSA) is 40.5 Å². The van der Waals surface area contributed by atoms with E-state index in [0.717, 1.165) is 6.04 Å². The quantitative estimate of drug-likeness (QED) is 0.481. The molecule has 0 aliphatic heterocycles. The molecule has 0 spiro atoms. The summed E-state index contributed by atoms with van der Waals surface area (Å²) >= 11 is 0. The van der Waals surface area contributed by atoms with Crippen LogP contribution < -0.4 is 0 Å². The second-order valence-electron chi connectivity index (χ2n) is 1.38. The van der Waals surface area contributed by atoms with Crippen molar-refractivity contribution in [1.29, 1.82) is 0 Å². The fourth-order valence-corrected chi connectivity index (χ4v) is 0.591. The van der Waals surface area contributed by atoms with Crippen molar-refractivity contribution < 1.29 is 10.2 Å². The molecule has 0 saturated heterocycles. The van der Waals surface area contributed by atoms with Crippen LogP contribution in [-0.2, 0) is 0 Å². The van der Waals surface area contributed by atoms with Gasteiger partial charge in [0.05, 0.1) is 12.7 Å². The normalized spacial score (nSPS) is 14.1. The van der Waals surface area contributed by atoms with Crippen LogP contribution in [0.15, 0.2) is 0 Å². The number of aliphatic hydroxyl groups is 2. The van der Waals surface area contributed by atoms with Gasteiger partial charge < -0.3 is 10.2 Å². The molecule has 0 aromatic heterocycles. The highest BCUT2D eigenvalue weighted by atomic mass is 28.1. The zero-order valence-corrected chi connectivity index (χ0v) is 5.09. The van der Waals surface area contributed by atoms with Crippen LogP contribution in [0, 0.1) is 0 Å². The third-order valence-corrected chi connectivity index (χ3v) is 0.977. The highest BCUT2D eigenvalue weighted by Crippen LogP contribution is 1.91. The molecule has 0 rings (SSSR count). The average Bonchev–Trinajstić information content (AvgIpc) is 1.68. The van der Waals surface area contributed by atoms with Gasteiger partial charge in [0.25, 0.3) is 0 Å². The van der Waals surface area contributed by atoms with Crippen molar-refractivity contribution in [2.45, 2.75) is 18.6 Å². The van der Waals surface area contributed by atoms with Crippen molar-refractivity contribution in [2.24, 2.45) is 0 Å². The molecule has 2 N–H and O–H groups in total. The summed E-state index contributed by atoms with van der Waals surface area (Å²) in [4.78, 5) is 0. The van der Waals surface area contributed by atoms with Crippen LogP contribution in [0.1, 0.15) is 6.42 Å². The van der Waals surface area contributed by atoms with Gasteiger partial charge in [0.1, 0.15) is 0 Å². The van der Waals surface area contributed by atoms with E-state index in [2.05, 4.69) is 10.2 Å². The molecular formula is C4H9O2Si. The van der Waals surface area contributed by atoms with Gasteiger partial charge in [-0.1, -0.05) is 6.04 Å². The molecule has 3 radical (unpaired) electrons. The molecule has 3 heteroatoms. The van der Waals surface area contributed by atoms with E-state index in [1.54, 1.807) is 0 Å². The van der Waals surface area contributed by atoms with E-state index in [9.17, 15) is 0 Å². The van der Waals surface area contributed by atoms with Crippen LogP contribution in [0.3, 0.4) is 0 Å². The summed E-state index contributed by atoms with van der Waals surface area (Å²) in [6.07, 6.45) is 0.0745. The second-order valence-corrected chi connectivity index (χ2v) is 1.88. The number of aliphatic hydroxyl groups excluding tert-OH is 2. The van der Waals surface area contributed by atoms with E-state index in [-0.39, 0.29) is 6.61 Å². The molecule has 0 aliphatic carbocycles. The van der Waals surface area contributed by atoms with Crippen molar-refractivity contribution in [3.8, 4) is 0 Å². The molecule has 0 aliphatic rings. The summed E-state index contributed by atoms with van der Waals surface area (Å²) in [6, 6.07) is 0.738. The third-order valence-electron chi connectivity index (χ3n) is 0.688. The molecule has 1 unspecified atom stereocenters. The minimum Gasteiger partial charge on any atom is -0.394 e. The first kappa shape index (κ1) is 7.14. The lowest BCUT2D eigenvalue weighted by atomic mass is 10.3. The van der Waals surface area contributed by atoms with Crippen LogP contribution in [0.25, 0.3) is 0 Å². The van der Waals surface area contributed by atoms with Gasteiger partial charge in [-0.25, -0.2) is 0 Å². The van der Waals surface area contributed by atoms with E-state index in [1.165, 1.54) is 0 Å². The Morgan fingerprint density at radius 1 is 1.57 bits per heavy atom. The van der Waals surface area contributed by atoms with Gasteiger partial charge in [-0.05, 0) is 6.42 Å². The zero-order valence-electron chi connectivity index (χ0n) is 4.09. The van der Waals surface area contributed by atoms with Gasteiger partial charge >= 0.3 is 0 Å². The maximum atomic E-state index is 8.58. The summed E-state index contributed by atoms with van der Waals surface area (Å²) < 4.78 is 0. The Morgan fingerprint density at radius 3 is 2.29 bits per heavy atom. The molecule has 0 aromatic rings. The van der Waals surface area contributed by atoms with Gasteiger partial charge in [-0.3, -0.25) is 0 Å². The highest BCUT2D eigenvalue weighted by Gasteiger charge is 1.96. The third kappa shape index (κ3) is 3.98. The molecule has 7 heavy (non-hydrogen) atoms. The molecule has 0 fully saturated rings. The molecule has 0 aromatic carbocycles. The van der Waals surface area contributed by atoms with Crippen LogP contribution in [0.5, 0.6) is 0 Å². The Balaban J connectivity index is 2.83. The monoisotopic (exact) mass is 117 g/mol. The van der Waals surface area contributed by atoms with Gasteiger partial charge in [-0.15, -0.1) is 0 Å². The van der Waals surface area contributed by atoms with Crippen molar-refractivity contribution >= 4 is 10.2 Å². The summed E-state index contributed by atoms with van der Waals surface area (Å²) in [5.74, 6) is 0.